The highest BCUT2D eigenvalue weighted by Crippen LogP contribution is 2.21. The first-order valence-corrected chi connectivity index (χ1v) is 6.00. The summed E-state index contributed by atoms with van der Waals surface area (Å²) in [7, 11) is -0.142. The third kappa shape index (κ3) is 2.65. The first kappa shape index (κ1) is 10.9. The molecule has 1 aliphatic rings. The summed E-state index contributed by atoms with van der Waals surface area (Å²) in [6.45, 7) is 0. The maximum atomic E-state index is 11.4. The van der Waals surface area contributed by atoms with Crippen molar-refractivity contribution >= 4 is 10.2 Å². The molecule has 0 spiro atoms. The third-order valence-corrected chi connectivity index (χ3v) is 4.13. The van der Waals surface area contributed by atoms with Crippen molar-refractivity contribution in [3.05, 3.63) is 6.42 Å². The van der Waals surface area contributed by atoms with E-state index in [1.54, 1.807) is 7.05 Å². The highest BCUT2D eigenvalue weighted by molar-refractivity contribution is 7.87. The van der Waals surface area contributed by atoms with Crippen molar-refractivity contribution < 1.29 is 8.42 Å². The molecule has 77 valence electrons. The van der Waals surface area contributed by atoms with Gasteiger partial charge in [-0.1, -0.05) is 0 Å². The largest absolute Gasteiger partial charge is 0.279 e. The number of nitrogens with one attached hydrogen (secondary N) is 1. The molecule has 0 bridgehead atoms. The van der Waals surface area contributed by atoms with E-state index in [-0.39, 0.29) is 6.04 Å². The minimum Gasteiger partial charge on any atom is -0.205 e. The zero-order valence-electron chi connectivity index (χ0n) is 8.16. The Morgan fingerprint density at radius 1 is 1.38 bits per heavy atom. The van der Waals surface area contributed by atoms with Gasteiger partial charge in [0.05, 0.1) is 0 Å². The van der Waals surface area contributed by atoms with Crippen LogP contribution in [0, 0.1) is 6.42 Å². The second kappa shape index (κ2) is 4.39. The molecule has 0 amide bonds. The molecule has 0 unspecified atom stereocenters. The Morgan fingerprint density at radius 3 is 2.38 bits per heavy atom. The lowest BCUT2D eigenvalue weighted by Crippen LogP contribution is -2.43. The summed E-state index contributed by atoms with van der Waals surface area (Å²) in [5.41, 5.74) is 0. The zero-order valence-corrected chi connectivity index (χ0v) is 8.97. The van der Waals surface area contributed by atoms with Crippen LogP contribution in [-0.4, -0.2) is 32.9 Å². The Bertz CT molecular complexity index is 245. The normalized spacial score (nSPS) is 20.8. The van der Waals surface area contributed by atoms with Crippen LogP contribution in [0.15, 0.2) is 0 Å². The van der Waals surface area contributed by atoms with E-state index in [0.717, 1.165) is 25.7 Å². The average molecular weight is 205 g/mol. The fraction of sp³-hybridized carbons (Fsp3) is 0.875. The van der Waals surface area contributed by atoms with Gasteiger partial charge in [-0.05, 0) is 32.1 Å². The minimum absolute atomic E-state index is 0.169. The number of nitrogens with zero attached hydrogens (tertiary/aromatic N) is 1. The fourth-order valence-electron chi connectivity index (χ4n) is 1.61. The van der Waals surface area contributed by atoms with Crippen molar-refractivity contribution in [2.75, 3.05) is 14.1 Å². The minimum atomic E-state index is -3.23. The highest BCUT2D eigenvalue weighted by atomic mass is 32.2. The standard InChI is InChI=1S/C8H17N2O2S/c1-9-13(11,12)10(2)8-6-4-3-5-7-8/h3,8-9H,4-7H2,1-2H3. The van der Waals surface area contributed by atoms with Gasteiger partial charge in [-0.15, -0.1) is 0 Å². The molecule has 1 fully saturated rings. The van der Waals surface area contributed by atoms with Crippen LogP contribution in [0.3, 0.4) is 0 Å². The van der Waals surface area contributed by atoms with Gasteiger partial charge in [-0.25, -0.2) is 4.72 Å². The highest BCUT2D eigenvalue weighted by Gasteiger charge is 2.25. The van der Waals surface area contributed by atoms with Gasteiger partial charge >= 0.3 is 0 Å². The maximum Gasteiger partial charge on any atom is 0.279 e. The Hall–Kier alpha value is -0.130. The van der Waals surface area contributed by atoms with Crippen LogP contribution in [0.5, 0.6) is 0 Å². The van der Waals surface area contributed by atoms with E-state index in [4.69, 9.17) is 0 Å². The van der Waals surface area contributed by atoms with E-state index in [0.29, 0.717) is 0 Å². The number of hydrogen-bond donors (Lipinski definition) is 1. The summed E-state index contributed by atoms with van der Waals surface area (Å²) < 4.78 is 26.6. The molecule has 0 aromatic heterocycles. The molecule has 0 aromatic rings. The lowest BCUT2D eigenvalue weighted by Gasteiger charge is -2.29. The molecular formula is C8H17N2O2S. The van der Waals surface area contributed by atoms with Gasteiger partial charge in [0, 0.05) is 20.1 Å². The first-order valence-electron chi connectivity index (χ1n) is 4.56. The van der Waals surface area contributed by atoms with Gasteiger partial charge in [0.25, 0.3) is 10.2 Å². The van der Waals surface area contributed by atoms with E-state index in [1.807, 2.05) is 0 Å². The van der Waals surface area contributed by atoms with Crippen molar-refractivity contribution in [3.63, 3.8) is 0 Å². The first-order chi connectivity index (χ1) is 6.08. The van der Waals surface area contributed by atoms with Gasteiger partial charge in [0.1, 0.15) is 0 Å². The summed E-state index contributed by atoms with van der Waals surface area (Å²) in [5.74, 6) is 0. The van der Waals surface area contributed by atoms with Crippen LogP contribution in [0.4, 0.5) is 0 Å². The summed E-state index contributed by atoms with van der Waals surface area (Å²) in [6.07, 6.45) is 6.15. The molecule has 1 N–H and O–H groups in total. The van der Waals surface area contributed by atoms with Crippen LogP contribution in [0.2, 0.25) is 0 Å². The van der Waals surface area contributed by atoms with E-state index in [9.17, 15) is 8.42 Å². The van der Waals surface area contributed by atoms with Crippen molar-refractivity contribution in [1.29, 1.82) is 0 Å². The third-order valence-electron chi connectivity index (χ3n) is 2.56. The molecular weight excluding hydrogens is 188 g/mol. The molecule has 1 rings (SSSR count). The van der Waals surface area contributed by atoms with Gasteiger partial charge in [0.15, 0.2) is 0 Å². The van der Waals surface area contributed by atoms with E-state index in [1.165, 1.54) is 11.4 Å². The molecule has 13 heavy (non-hydrogen) atoms. The summed E-state index contributed by atoms with van der Waals surface area (Å²) in [6, 6.07) is 0.169. The second-order valence-electron chi connectivity index (χ2n) is 3.32. The molecule has 0 aromatic carbocycles. The van der Waals surface area contributed by atoms with E-state index < -0.39 is 10.2 Å². The quantitative estimate of drug-likeness (QED) is 0.730. The molecule has 0 aliphatic heterocycles. The Morgan fingerprint density at radius 2 is 1.92 bits per heavy atom. The van der Waals surface area contributed by atoms with Crippen LogP contribution in [0.25, 0.3) is 0 Å². The smallest absolute Gasteiger partial charge is 0.205 e. The summed E-state index contributed by atoms with van der Waals surface area (Å²) in [5, 5.41) is 0. The van der Waals surface area contributed by atoms with Gasteiger partial charge in [-0.2, -0.15) is 12.7 Å². The predicted molar refractivity (Wildman–Crippen MR) is 52.3 cm³/mol. The van der Waals surface area contributed by atoms with Crippen molar-refractivity contribution in [3.8, 4) is 0 Å². The maximum absolute atomic E-state index is 11.4. The van der Waals surface area contributed by atoms with Crippen LogP contribution in [0.1, 0.15) is 25.7 Å². The zero-order chi connectivity index (χ0) is 9.90. The monoisotopic (exact) mass is 205 g/mol. The van der Waals surface area contributed by atoms with Crippen LogP contribution >= 0.6 is 0 Å². The Kier molecular flexibility index (Phi) is 3.70. The van der Waals surface area contributed by atoms with Crippen LogP contribution in [-0.2, 0) is 10.2 Å². The molecule has 1 saturated carbocycles. The van der Waals surface area contributed by atoms with E-state index in [2.05, 4.69) is 11.1 Å². The molecule has 0 atom stereocenters. The molecule has 1 radical (unpaired) electrons. The molecule has 0 heterocycles. The summed E-state index contributed by atoms with van der Waals surface area (Å²) >= 11 is 0. The predicted octanol–water partition coefficient (Wildman–Crippen LogP) is 0.529. The second-order valence-corrected chi connectivity index (χ2v) is 5.26. The van der Waals surface area contributed by atoms with Crippen molar-refractivity contribution in [1.82, 2.24) is 9.03 Å². The van der Waals surface area contributed by atoms with Crippen molar-refractivity contribution in [2.45, 2.75) is 31.7 Å². The average Bonchev–Trinajstić information content (AvgIpc) is 2.18. The van der Waals surface area contributed by atoms with Gasteiger partial charge < -0.3 is 0 Å². The Balaban J connectivity index is 2.60. The lowest BCUT2D eigenvalue weighted by atomic mass is 9.96. The topological polar surface area (TPSA) is 49.4 Å². The number of rotatable bonds is 3. The van der Waals surface area contributed by atoms with Crippen LogP contribution < -0.4 is 4.72 Å². The molecule has 1 aliphatic carbocycles. The summed E-state index contributed by atoms with van der Waals surface area (Å²) in [4.78, 5) is 0. The molecule has 5 heteroatoms. The Labute approximate surface area is 80.5 Å². The van der Waals surface area contributed by atoms with Gasteiger partial charge in [0.2, 0.25) is 0 Å². The molecule has 0 saturated heterocycles. The fourth-order valence-corrected chi connectivity index (χ4v) is 2.50. The SMILES string of the molecule is CNS(=O)(=O)N(C)C1CC[CH]CC1. The number of hydrogen-bond acceptors (Lipinski definition) is 2. The van der Waals surface area contributed by atoms with Crippen molar-refractivity contribution in [2.24, 2.45) is 0 Å². The van der Waals surface area contributed by atoms with E-state index >= 15 is 0 Å². The molecule has 4 nitrogen and oxygen atoms in total. The van der Waals surface area contributed by atoms with Gasteiger partial charge in [-0.3, -0.25) is 0 Å². The lowest BCUT2D eigenvalue weighted by molar-refractivity contribution is 0.307.